The highest BCUT2D eigenvalue weighted by molar-refractivity contribution is 5.26. The molecule has 3 nitrogen and oxygen atoms in total. The van der Waals surface area contributed by atoms with Crippen LogP contribution in [0.2, 0.25) is 0 Å². The van der Waals surface area contributed by atoms with E-state index in [0.29, 0.717) is 6.61 Å². The molecule has 0 aliphatic heterocycles. The lowest BCUT2D eigenvalue weighted by molar-refractivity contribution is 0.334. The van der Waals surface area contributed by atoms with Crippen LogP contribution in [0, 0.1) is 13.8 Å². The average Bonchev–Trinajstić information content (AvgIpc) is 1.98. The monoisotopic (exact) mass is 152 g/mol. The summed E-state index contributed by atoms with van der Waals surface area (Å²) in [5, 5.41) is 7.81. The van der Waals surface area contributed by atoms with E-state index in [2.05, 4.69) is 10.2 Å². The van der Waals surface area contributed by atoms with Gasteiger partial charge in [-0.1, -0.05) is 0 Å². The molecule has 0 aromatic carbocycles. The molecule has 1 heterocycles. The summed E-state index contributed by atoms with van der Waals surface area (Å²) in [6, 6.07) is 1.89. The quantitative estimate of drug-likeness (QED) is 0.644. The molecule has 1 aromatic rings. The highest BCUT2D eigenvalue weighted by Gasteiger charge is 1.99. The second-order valence-corrected chi connectivity index (χ2v) is 2.37. The number of ether oxygens (including phenoxy) is 1. The molecular weight excluding hydrogens is 140 g/mol. The van der Waals surface area contributed by atoms with Crippen LogP contribution < -0.4 is 4.74 Å². The van der Waals surface area contributed by atoms with Gasteiger partial charge >= 0.3 is 0 Å². The number of rotatable bonds is 2. The molecule has 0 saturated heterocycles. The molecule has 0 saturated carbocycles. The van der Waals surface area contributed by atoms with Gasteiger partial charge in [0.15, 0.2) is 0 Å². The van der Waals surface area contributed by atoms with E-state index in [4.69, 9.17) is 4.74 Å². The van der Waals surface area contributed by atoms with Crippen molar-refractivity contribution in [3.05, 3.63) is 17.5 Å². The van der Waals surface area contributed by atoms with Crippen LogP contribution in [0.15, 0.2) is 6.07 Å². The predicted molar refractivity (Wildman–Crippen MR) is 42.7 cm³/mol. The number of nitrogens with zero attached hydrogens (tertiary/aromatic N) is 2. The largest absolute Gasteiger partial charge is 0.492 e. The summed E-state index contributed by atoms with van der Waals surface area (Å²) in [6.45, 7) is 6.41. The summed E-state index contributed by atoms with van der Waals surface area (Å²) in [5.74, 6) is 0.833. The Morgan fingerprint density at radius 2 is 2.09 bits per heavy atom. The third-order valence-corrected chi connectivity index (χ3v) is 1.35. The molecule has 11 heavy (non-hydrogen) atoms. The molecule has 0 spiro atoms. The van der Waals surface area contributed by atoms with Crippen molar-refractivity contribution < 1.29 is 4.74 Å². The molecule has 1 aromatic heterocycles. The first kappa shape index (κ1) is 7.98. The fourth-order valence-corrected chi connectivity index (χ4v) is 0.828. The molecule has 0 aliphatic rings. The fraction of sp³-hybridized carbons (Fsp3) is 0.500. The zero-order valence-electron chi connectivity index (χ0n) is 7.09. The van der Waals surface area contributed by atoms with Gasteiger partial charge in [-0.25, -0.2) is 0 Å². The molecule has 0 fully saturated rings. The normalized spacial score (nSPS) is 9.73. The topological polar surface area (TPSA) is 35.0 Å². The van der Waals surface area contributed by atoms with Crippen molar-refractivity contribution in [1.29, 1.82) is 0 Å². The zero-order chi connectivity index (χ0) is 8.27. The SMILES string of the molecule is CCOc1cc(C)nnc1C. The van der Waals surface area contributed by atoms with Crippen LogP contribution in [0.3, 0.4) is 0 Å². The van der Waals surface area contributed by atoms with Crippen molar-refractivity contribution in [2.24, 2.45) is 0 Å². The van der Waals surface area contributed by atoms with Gasteiger partial charge in [0.05, 0.1) is 12.3 Å². The Hall–Kier alpha value is -1.12. The molecule has 0 atom stereocenters. The fourth-order valence-electron chi connectivity index (χ4n) is 0.828. The number of hydrogen-bond acceptors (Lipinski definition) is 3. The smallest absolute Gasteiger partial charge is 0.144 e. The molecule has 0 amide bonds. The Balaban J connectivity index is 2.93. The van der Waals surface area contributed by atoms with E-state index in [1.807, 2.05) is 26.8 Å². The highest BCUT2D eigenvalue weighted by Crippen LogP contribution is 2.14. The number of hydrogen-bond donors (Lipinski definition) is 0. The summed E-state index contributed by atoms with van der Waals surface area (Å²) in [7, 11) is 0. The molecule has 0 N–H and O–H groups in total. The third kappa shape index (κ3) is 1.90. The lowest BCUT2D eigenvalue weighted by Gasteiger charge is -2.04. The molecule has 0 aliphatic carbocycles. The van der Waals surface area contributed by atoms with Gasteiger partial charge in [0.2, 0.25) is 0 Å². The Morgan fingerprint density at radius 3 is 2.73 bits per heavy atom. The van der Waals surface area contributed by atoms with Crippen molar-refractivity contribution in [3.63, 3.8) is 0 Å². The van der Waals surface area contributed by atoms with Gasteiger partial charge in [-0.3, -0.25) is 0 Å². The number of aryl methyl sites for hydroxylation is 2. The van der Waals surface area contributed by atoms with Crippen molar-refractivity contribution in [2.75, 3.05) is 6.61 Å². The minimum atomic E-state index is 0.673. The van der Waals surface area contributed by atoms with Crippen molar-refractivity contribution in [2.45, 2.75) is 20.8 Å². The first-order valence-corrected chi connectivity index (χ1v) is 3.67. The van der Waals surface area contributed by atoms with E-state index in [0.717, 1.165) is 17.1 Å². The minimum Gasteiger partial charge on any atom is -0.492 e. The van der Waals surface area contributed by atoms with Crippen LogP contribution in [0.1, 0.15) is 18.3 Å². The van der Waals surface area contributed by atoms with E-state index < -0.39 is 0 Å². The summed E-state index contributed by atoms with van der Waals surface area (Å²) < 4.78 is 5.31. The third-order valence-electron chi connectivity index (χ3n) is 1.35. The standard InChI is InChI=1S/C8H12N2O/c1-4-11-8-5-6(2)9-10-7(8)3/h5H,4H2,1-3H3. The highest BCUT2D eigenvalue weighted by atomic mass is 16.5. The molecule has 0 unspecified atom stereocenters. The summed E-state index contributed by atoms with van der Waals surface area (Å²) in [6.07, 6.45) is 0. The van der Waals surface area contributed by atoms with E-state index in [1.165, 1.54) is 0 Å². The minimum absolute atomic E-state index is 0.673. The molecular formula is C8H12N2O. The second kappa shape index (κ2) is 3.32. The second-order valence-electron chi connectivity index (χ2n) is 2.37. The van der Waals surface area contributed by atoms with Gasteiger partial charge in [-0.05, 0) is 20.8 Å². The Morgan fingerprint density at radius 1 is 1.36 bits per heavy atom. The van der Waals surface area contributed by atoms with Crippen LogP contribution in [0.5, 0.6) is 5.75 Å². The zero-order valence-corrected chi connectivity index (χ0v) is 7.09. The van der Waals surface area contributed by atoms with Gasteiger partial charge in [0.25, 0.3) is 0 Å². The van der Waals surface area contributed by atoms with Gasteiger partial charge in [-0.15, -0.1) is 0 Å². The lowest BCUT2D eigenvalue weighted by Crippen LogP contribution is -1.98. The maximum Gasteiger partial charge on any atom is 0.144 e. The Bertz CT molecular complexity index is 248. The first-order chi connectivity index (χ1) is 5.24. The van der Waals surface area contributed by atoms with Gasteiger partial charge in [-0.2, -0.15) is 10.2 Å². The average molecular weight is 152 g/mol. The Labute approximate surface area is 66.4 Å². The molecule has 0 radical (unpaired) electrons. The van der Waals surface area contributed by atoms with Crippen LogP contribution in [-0.4, -0.2) is 16.8 Å². The van der Waals surface area contributed by atoms with Crippen LogP contribution in [0.25, 0.3) is 0 Å². The number of aromatic nitrogens is 2. The summed E-state index contributed by atoms with van der Waals surface area (Å²) >= 11 is 0. The van der Waals surface area contributed by atoms with E-state index in [-0.39, 0.29) is 0 Å². The molecule has 3 heteroatoms. The van der Waals surface area contributed by atoms with E-state index in [1.54, 1.807) is 0 Å². The van der Waals surface area contributed by atoms with E-state index in [9.17, 15) is 0 Å². The van der Waals surface area contributed by atoms with Gasteiger partial charge < -0.3 is 4.74 Å². The summed E-state index contributed by atoms with van der Waals surface area (Å²) in [4.78, 5) is 0. The van der Waals surface area contributed by atoms with Crippen molar-refractivity contribution >= 4 is 0 Å². The predicted octanol–water partition coefficient (Wildman–Crippen LogP) is 1.49. The van der Waals surface area contributed by atoms with Crippen LogP contribution >= 0.6 is 0 Å². The maximum absolute atomic E-state index is 5.31. The van der Waals surface area contributed by atoms with E-state index >= 15 is 0 Å². The van der Waals surface area contributed by atoms with Gasteiger partial charge in [0, 0.05) is 6.07 Å². The van der Waals surface area contributed by atoms with Crippen molar-refractivity contribution in [1.82, 2.24) is 10.2 Å². The molecule has 1 rings (SSSR count). The molecule has 0 bridgehead atoms. The Kier molecular flexibility index (Phi) is 2.41. The van der Waals surface area contributed by atoms with Crippen LogP contribution in [0.4, 0.5) is 0 Å². The maximum atomic E-state index is 5.31. The first-order valence-electron chi connectivity index (χ1n) is 3.67. The summed E-state index contributed by atoms with van der Waals surface area (Å²) in [5.41, 5.74) is 1.73. The van der Waals surface area contributed by atoms with Crippen molar-refractivity contribution in [3.8, 4) is 5.75 Å². The lowest BCUT2D eigenvalue weighted by atomic mass is 10.3. The molecule has 60 valence electrons. The van der Waals surface area contributed by atoms with Crippen LogP contribution in [-0.2, 0) is 0 Å². The van der Waals surface area contributed by atoms with Gasteiger partial charge in [0.1, 0.15) is 11.4 Å².